The van der Waals surface area contributed by atoms with Crippen LogP contribution in [0.5, 0.6) is 0 Å². The van der Waals surface area contributed by atoms with E-state index in [1.165, 1.54) is 37.1 Å². The van der Waals surface area contributed by atoms with Crippen LogP contribution in [0, 0.1) is 0 Å². The zero-order chi connectivity index (χ0) is 23.2. The molecule has 0 aromatic heterocycles. The number of aryl methyl sites for hydroxylation is 1. The molecular formula is C29H39N3O2. The van der Waals surface area contributed by atoms with E-state index < -0.39 is 0 Å². The number of nitrogens with one attached hydrogen (secondary N) is 1. The number of hydrogen-bond acceptors (Lipinski definition) is 4. The zero-order valence-electron chi connectivity index (χ0n) is 20.4. The molecule has 5 heteroatoms. The van der Waals surface area contributed by atoms with E-state index in [0.29, 0.717) is 6.54 Å². The molecule has 3 heterocycles. The van der Waals surface area contributed by atoms with Gasteiger partial charge in [0.2, 0.25) is 0 Å². The number of hydrogen-bond donors (Lipinski definition) is 1. The average molecular weight is 462 g/mol. The number of amides is 1. The molecule has 0 aliphatic carbocycles. The van der Waals surface area contributed by atoms with Gasteiger partial charge in [-0.15, -0.1) is 0 Å². The van der Waals surface area contributed by atoms with Crippen LogP contribution >= 0.6 is 0 Å². The van der Waals surface area contributed by atoms with Gasteiger partial charge in [-0.1, -0.05) is 30.3 Å². The van der Waals surface area contributed by atoms with E-state index >= 15 is 0 Å². The van der Waals surface area contributed by atoms with Gasteiger partial charge in [0.1, 0.15) is 0 Å². The number of carbonyl (C=O) groups is 1. The van der Waals surface area contributed by atoms with Crippen molar-refractivity contribution in [1.29, 1.82) is 0 Å². The maximum atomic E-state index is 12.7. The highest BCUT2D eigenvalue weighted by atomic mass is 16.5. The molecule has 1 atom stereocenters. The molecule has 2 aromatic rings. The molecule has 3 aliphatic rings. The number of anilines is 1. The molecule has 1 amide bonds. The van der Waals surface area contributed by atoms with Crippen LogP contribution in [0.2, 0.25) is 0 Å². The van der Waals surface area contributed by atoms with Crippen LogP contribution in [0.25, 0.3) is 0 Å². The Bertz CT molecular complexity index is 916. The summed E-state index contributed by atoms with van der Waals surface area (Å²) in [6, 6.07) is 18.8. The molecule has 1 spiro atoms. The lowest BCUT2D eigenvalue weighted by Gasteiger charge is -2.39. The number of piperidine rings is 1. The lowest BCUT2D eigenvalue weighted by Crippen LogP contribution is -2.45. The van der Waals surface area contributed by atoms with Crippen molar-refractivity contribution in [2.24, 2.45) is 0 Å². The summed E-state index contributed by atoms with van der Waals surface area (Å²) in [5, 5.41) is 3.12. The molecule has 5 nitrogen and oxygen atoms in total. The van der Waals surface area contributed by atoms with Gasteiger partial charge in [-0.2, -0.15) is 0 Å². The predicted molar refractivity (Wildman–Crippen MR) is 137 cm³/mol. The molecule has 0 bridgehead atoms. The van der Waals surface area contributed by atoms with Gasteiger partial charge in [0.25, 0.3) is 5.91 Å². The van der Waals surface area contributed by atoms with Crippen molar-refractivity contribution in [3.63, 3.8) is 0 Å². The number of ether oxygens (including phenoxy) is 1. The Morgan fingerprint density at radius 3 is 2.41 bits per heavy atom. The summed E-state index contributed by atoms with van der Waals surface area (Å²) in [6.07, 6.45) is 9.42. The molecule has 3 aliphatic heterocycles. The molecule has 0 unspecified atom stereocenters. The highest BCUT2D eigenvalue weighted by Gasteiger charge is 2.42. The Hall–Kier alpha value is -2.37. The molecule has 3 saturated heterocycles. The van der Waals surface area contributed by atoms with E-state index in [-0.39, 0.29) is 17.6 Å². The van der Waals surface area contributed by atoms with Crippen LogP contribution in [-0.2, 0) is 11.2 Å². The van der Waals surface area contributed by atoms with Crippen molar-refractivity contribution < 1.29 is 9.53 Å². The Balaban J connectivity index is 1.02. The van der Waals surface area contributed by atoms with Gasteiger partial charge in [-0.25, -0.2) is 0 Å². The first kappa shape index (κ1) is 23.4. The van der Waals surface area contributed by atoms with Crippen molar-refractivity contribution in [2.45, 2.75) is 63.1 Å². The van der Waals surface area contributed by atoms with E-state index in [2.05, 4.69) is 57.6 Å². The topological polar surface area (TPSA) is 44.8 Å². The smallest absolute Gasteiger partial charge is 0.251 e. The quantitative estimate of drug-likeness (QED) is 0.621. The van der Waals surface area contributed by atoms with Crippen LogP contribution in [0.4, 0.5) is 5.69 Å². The largest absolute Gasteiger partial charge is 0.372 e. The summed E-state index contributed by atoms with van der Waals surface area (Å²) < 4.78 is 6.54. The minimum absolute atomic E-state index is 0.00533. The van der Waals surface area contributed by atoms with Gasteiger partial charge in [-0.3, -0.25) is 4.79 Å². The molecule has 1 N–H and O–H groups in total. The third-order valence-electron chi connectivity index (χ3n) is 7.98. The number of carbonyl (C=O) groups excluding carboxylic acids is 1. The van der Waals surface area contributed by atoms with Crippen LogP contribution in [0.1, 0.15) is 60.9 Å². The number of rotatable bonds is 8. The normalized spacial score (nSPS) is 22.4. The van der Waals surface area contributed by atoms with Gasteiger partial charge in [0.05, 0.1) is 11.7 Å². The second-order valence-electron chi connectivity index (χ2n) is 10.3. The minimum atomic E-state index is 0.00533. The maximum absolute atomic E-state index is 12.7. The predicted octanol–water partition coefficient (Wildman–Crippen LogP) is 4.66. The highest BCUT2D eigenvalue weighted by Crippen LogP contribution is 2.38. The third kappa shape index (κ3) is 5.81. The number of benzene rings is 2. The fraction of sp³-hybridized carbons (Fsp3) is 0.552. The standard InChI is InChI=1S/C29H39N3O2/c33-28(25-10-12-26(13-11-25)32-19-4-5-20-32)30-23-27-14-15-29(34-27)16-21-31(22-17-29)18-6-9-24-7-2-1-3-8-24/h1-3,7-8,10-13,27H,4-6,9,14-23H2,(H,30,33)/t27-/m1/s1. The second kappa shape index (κ2) is 10.9. The zero-order valence-corrected chi connectivity index (χ0v) is 20.4. The van der Waals surface area contributed by atoms with E-state index in [1.54, 1.807) is 0 Å². The monoisotopic (exact) mass is 461 g/mol. The van der Waals surface area contributed by atoms with Crippen molar-refractivity contribution in [1.82, 2.24) is 10.2 Å². The van der Waals surface area contributed by atoms with Gasteiger partial charge >= 0.3 is 0 Å². The summed E-state index contributed by atoms with van der Waals surface area (Å²) in [7, 11) is 0. The lowest BCUT2D eigenvalue weighted by atomic mass is 9.88. The van der Waals surface area contributed by atoms with Crippen LogP contribution in [-0.4, -0.2) is 61.8 Å². The number of likely N-dealkylation sites (tertiary alicyclic amines) is 1. The SMILES string of the molecule is O=C(NC[C@H]1CCC2(CCN(CCCc3ccccc3)CC2)O1)c1ccc(N2CCCC2)cc1. The lowest BCUT2D eigenvalue weighted by molar-refractivity contribution is -0.0754. The van der Waals surface area contributed by atoms with Gasteiger partial charge in [-0.05, 0) is 87.7 Å². The molecule has 182 valence electrons. The highest BCUT2D eigenvalue weighted by molar-refractivity contribution is 5.94. The van der Waals surface area contributed by atoms with Crippen molar-refractivity contribution in [2.75, 3.05) is 44.2 Å². The van der Waals surface area contributed by atoms with Gasteiger partial charge in [0.15, 0.2) is 0 Å². The fourth-order valence-electron chi connectivity index (χ4n) is 5.85. The maximum Gasteiger partial charge on any atom is 0.251 e. The number of nitrogens with zero attached hydrogens (tertiary/aromatic N) is 2. The molecular weight excluding hydrogens is 422 g/mol. The van der Waals surface area contributed by atoms with E-state index in [1.807, 2.05) is 12.1 Å². The first-order valence-corrected chi connectivity index (χ1v) is 13.3. The first-order valence-electron chi connectivity index (χ1n) is 13.3. The van der Waals surface area contributed by atoms with Crippen LogP contribution in [0.15, 0.2) is 54.6 Å². The van der Waals surface area contributed by atoms with Gasteiger partial charge < -0.3 is 19.9 Å². The van der Waals surface area contributed by atoms with E-state index in [9.17, 15) is 4.79 Å². The first-order chi connectivity index (χ1) is 16.7. The Morgan fingerprint density at radius 1 is 0.941 bits per heavy atom. The van der Waals surface area contributed by atoms with Gasteiger partial charge in [0, 0.05) is 44.0 Å². The molecule has 5 rings (SSSR count). The molecule has 3 fully saturated rings. The van der Waals surface area contributed by atoms with Crippen molar-refractivity contribution >= 4 is 11.6 Å². The summed E-state index contributed by atoms with van der Waals surface area (Å²) >= 11 is 0. The summed E-state index contributed by atoms with van der Waals surface area (Å²) in [4.78, 5) is 17.6. The van der Waals surface area contributed by atoms with Crippen LogP contribution < -0.4 is 10.2 Å². The molecule has 0 saturated carbocycles. The molecule has 2 aromatic carbocycles. The van der Waals surface area contributed by atoms with Crippen molar-refractivity contribution in [3.8, 4) is 0 Å². The summed E-state index contributed by atoms with van der Waals surface area (Å²) in [6.45, 7) is 6.26. The third-order valence-corrected chi connectivity index (χ3v) is 7.98. The van der Waals surface area contributed by atoms with E-state index in [4.69, 9.17) is 4.74 Å². The Kier molecular flexibility index (Phi) is 7.51. The summed E-state index contributed by atoms with van der Waals surface area (Å²) in [5.41, 5.74) is 3.42. The fourth-order valence-corrected chi connectivity index (χ4v) is 5.85. The minimum Gasteiger partial charge on any atom is -0.372 e. The van der Waals surface area contributed by atoms with Crippen LogP contribution in [0.3, 0.4) is 0 Å². The van der Waals surface area contributed by atoms with E-state index in [0.717, 1.165) is 63.8 Å². The average Bonchev–Trinajstić information content (AvgIpc) is 3.56. The Morgan fingerprint density at radius 2 is 1.68 bits per heavy atom. The molecule has 34 heavy (non-hydrogen) atoms. The second-order valence-corrected chi connectivity index (χ2v) is 10.3. The summed E-state index contributed by atoms with van der Waals surface area (Å²) in [5.74, 6) is 0.00533. The Labute approximate surface area is 204 Å². The van der Waals surface area contributed by atoms with Crippen molar-refractivity contribution in [3.05, 3.63) is 65.7 Å². The molecule has 0 radical (unpaired) electrons.